The number of para-hydroxylation sites is 1. The number of aryl methyl sites for hydroxylation is 2. The molecular formula is C25H33IN6O. The Balaban J connectivity index is 0.00000385. The molecule has 0 aliphatic carbocycles. The number of amides is 1. The van der Waals surface area contributed by atoms with Crippen molar-refractivity contribution < 1.29 is 4.79 Å². The van der Waals surface area contributed by atoms with E-state index in [-0.39, 0.29) is 29.9 Å². The van der Waals surface area contributed by atoms with Crippen molar-refractivity contribution in [3.8, 4) is 5.69 Å². The number of halogens is 1. The van der Waals surface area contributed by atoms with Crippen molar-refractivity contribution in [3.63, 3.8) is 0 Å². The van der Waals surface area contributed by atoms with Crippen LogP contribution in [0.5, 0.6) is 0 Å². The van der Waals surface area contributed by atoms with E-state index in [0.29, 0.717) is 32.0 Å². The Bertz CT molecular complexity index is 1050. The molecule has 0 fully saturated rings. The molecule has 1 heterocycles. The molecule has 0 bridgehead atoms. The Morgan fingerprint density at radius 1 is 1.00 bits per heavy atom. The lowest BCUT2D eigenvalue weighted by molar-refractivity contribution is -0.121. The van der Waals surface area contributed by atoms with Crippen molar-refractivity contribution in [2.75, 3.05) is 13.1 Å². The Morgan fingerprint density at radius 2 is 1.73 bits per heavy atom. The van der Waals surface area contributed by atoms with Crippen LogP contribution in [0.15, 0.2) is 65.7 Å². The summed E-state index contributed by atoms with van der Waals surface area (Å²) < 4.78 is 1.96. The molecule has 0 saturated heterocycles. The summed E-state index contributed by atoms with van der Waals surface area (Å²) in [6, 6.07) is 20.1. The van der Waals surface area contributed by atoms with E-state index in [4.69, 9.17) is 4.99 Å². The molecule has 1 aromatic heterocycles. The summed E-state index contributed by atoms with van der Waals surface area (Å²) >= 11 is 0. The summed E-state index contributed by atoms with van der Waals surface area (Å²) in [7, 11) is 0. The van der Waals surface area contributed by atoms with E-state index in [9.17, 15) is 4.79 Å². The van der Waals surface area contributed by atoms with E-state index in [2.05, 4.69) is 46.2 Å². The van der Waals surface area contributed by atoms with Crippen LogP contribution in [-0.2, 0) is 17.9 Å². The zero-order chi connectivity index (χ0) is 22.8. The number of aliphatic imine (C=N–C) groups is 1. The number of nitrogens with zero attached hydrogens (tertiary/aromatic N) is 3. The molecule has 0 unspecified atom stereocenters. The average molecular weight is 560 g/mol. The second-order valence-electron chi connectivity index (χ2n) is 7.60. The second-order valence-corrected chi connectivity index (χ2v) is 7.60. The predicted octanol–water partition coefficient (Wildman–Crippen LogP) is 3.87. The summed E-state index contributed by atoms with van der Waals surface area (Å²) in [6.45, 7) is 8.35. The normalized spacial score (nSPS) is 10.9. The molecule has 0 aliphatic heterocycles. The molecule has 1 amide bonds. The number of carbonyl (C=O) groups excluding carboxylic acids is 1. The van der Waals surface area contributed by atoms with Crippen LogP contribution in [0.1, 0.15) is 35.9 Å². The number of hydrogen-bond donors (Lipinski definition) is 3. The van der Waals surface area contributed by atoms with Crippen LogP contribution in [-0.4, -0.2) is 34.7 Å². The largest absolute Gasteiger partial charge is 0.357 e. The Kier molecular flexibility index (Phi) is 10.9. The first-order chi connectivity index (χ1) is 15.6. The monoisotopic (exact) mass is 560 g/mol. The van der Waals surface area contributed by atoms with Crippen LogP contribution in [0.25, 0.3) is 5.69 Å². The van der Waals surface area contributed by atoms with Gasteiger partial charge in [0.2, 0.25) is 5.91 Å². The van der Waals surface area contributed by atoms with Gasteiger partial charge in [-0.25, -0.2) is 9.67 Å². The quantitative estimate of drug-likeness (QED) is 0.211. The van der Waals surface area contributed by atoms with Crippen LogP contribution in [0, 0.1) is 13.8 Å². The third-order valence-electron chi connectivity index (χ3n) is 4.96. The topological polar surface area (TPSA) is 83.3 Å². The zero-order valence-corrected chi connectivity index (χ0v) is 21.8. The summed E-state index contributed by atoms with van der Waals surface area (Å²) in [6.07, 6.45) is 0.375. The van der Waals surface area contributed by atoms with Gasteiger partial charge in [-0.15, -0.1) is 24.0 Å². The van der Waals surface area contributed by atoms with Gasteiger partial charge in [-0.1, -0.05) is 48.5 Å². The minimum atomic E-state index is 0. The van der Waals surface area contributed by atoms with Crippen molar-refractivity contribution >= 4 is 35.8 Å². The van der Waals surface area contributed by atoms with Crippen molar-refractivity contribution in [1.29, 1.82) is 0 Å². The van der Waals surface area contributed by atoms with Crippen LogP contribution >= 0.6 is 24.0 Å². The van der Waals surface area contributed by atoms with Gasteiger partial charge in [0.25, 0.3) is 0 Å². The molecule has 8 heteroatoms. The lowest BCUT2D eigenvalue weighted by Crippen LogP contribution is -2.39. The van der Waals surface area contributed by atoms with Crippen LogP contribution < -0.4 is 16.0 Å². The maximum absolute atomic E-state index is 12.1. The number of aromatic nitrogens is 2. The molecule has 3 N–H and O–H groups in total. The molecule has 0 atom stereocenters. The standard InChI is InChI=1S/C25H32N6O.HI/c1-4-26-25(27-15-14-24(32)28-17-21-10-6-5-7-11-21)29-18-22-12-8-9-13-23(22)31-20(3)16-19(2)30-31;/h5-13,16H,4,14-15,17-18H2,1-3H3,(H,28,32)(H2,26,27,29);1H. The third kappa shape index (κ3) is 8.20. The third-order valence-corrected chi connectivity index (χ3v) is 4.96. The van der Waals surface area contributed by atoms with Gasteiger partial charge in [-0.2, -0.15) is 5.10 Å². The first kappa shape index (κ1) is 26.4. The Hall–Kier alpha value is -2.88. The highest BCUT2D eigenvalue weighted by molar-refractivity contribution is 14.0. The fourth-order valence-electron chi connectivity index (χ4n) is 3.41. The SMILES string of the molecule is CCNC(=NCc1ccccc1-n1nc(C)cc1C)NCCC(=O)NCc1ccccc1.I. The number of hydrogen-bond acceptors (Lipinski definition) is 3. The summed E-state index contributed by atoms with van der Waals surface area (Å²) in [4.78, 5) is 16.9. The Morgan fingerprint density at radius 3 is 2.42 bits per heavy atom. The highest BCUT2D eigenvalue weighted by Gasteiger charge is 2.09. The number of nitrogens with one attached hydrogen (secondary N) is 3. The van der Waals surface area contributed by atoms with E-state index in [1.54, 1.807) is 0 Å². The molecule has 3 aromatic rings. The van der Waals surface area contributed by atoms with E-state index >= 15 is 0 Å². The van der Waals surface area contributed by atoms with E-state index < -0.39 is 0 Å². The van der Waals surface area contributed by atoms with Gasteiger partial charge < -0.3 is 16.0 Å². The highest BCUT2D eigenvalue weighted by Crippen LogP contribution is 2.17. The summed E-state index contributed by atoms with van der Waals surface area (Å²) in [5.74, 6) is 0.693. The summed E-state index contributed by atoms with van der Waals surface area (Å²) in [5.41, 5.74) is 5.27. The van der Waals surface area contributed by atoms with Crippen LogP contribution in [0.4, 0.5) is 0 Å². The molecule has 0 aliphatic rings. The molecule has 2 aromatic carbocycles. The fraction of sp³-hybridized carbons (Fsp3) is 0.320. The fourth-order valence-corrected chi connectivity index (χ4v) is 3.41. The lowest BCUT2D eigenvalue weighted by atomic mass is 10.2. The van der Waals surface area contributed by atoms with Crippen molar-refractivity contribution in [3.05, 3.63) is 83.2 Å². The minimum absolute atomic E-state index is 0. The van der Waals surface area contributed by atoms with Crippen LogP contribution in [0.2, 0.25) is 0 Å². The lowest BCUT2D eigenvalue weighted by Gasteiger charge is -2.13. The first-order valence-corrected chi connectivity index (χ1v) is 11.0. The summed E-state index contributed by atoms with van der Waals surface area (Å²) in [5, 5.41) is 14.0. The first-order valence-electron chi connectivity index (χ1n) is 11.0. The Labute approximate surface area is 213 Å². The molecular weight excluding hydrogens is 527 g/mol. The maximum atomic E-state index is 12.1. The van der Waals surface area contributed by atoms with Gasteiger partial charge in [0.15, 0.2) is 5.96 Å². The van der Waals surface area contributed by atoms with Gasteiger partial charge in [-0.3, -0.25) is 4.79 Å². The van der Waals surface area contributed by atoms with Crippen molar-refractivity contribution in [1.82, 2.24) is 25.7 Å². The zero-order valence-electron chi connectivity index (χ0n) is 19.5. The minimum Gasteiger partial charge on any atom is -0.357 e. The van der Waals surface area contributed by atoms with Crippen LogP contribution in [0.3, 0.4) is 0 Å². The molecule has 0 saturated carbocycles. The van der Waals surface area contributed by atoms with Gasteiger partial charge in [0, 0.05) is 31.7 Å². The average Bonchev–Trinajstić information content (AvgIpc) is 3.14. The predicted molar refractivity (Wildman–Crippen MR) is 144 cm³/mol. The molecule has 33 heavy (non-hydrogen) atoms. The molecule has 0 radical (unpaired) electrons. The molecule has 0 spiro atoms. The maximum Gasteiger partial charge on any atom is 0.222 e. The van der Waals surface area contributed by atoms with E-state index in [1.165, 1.54) is 0 Å². The van der Waals surface area contributed by atoms with Gasteiger partial charge in [0.05, 0.1) is 17.9 Å². The molecule has 7 nitrogen and oxygen atoms in total. The number of carbonyl (C=O) groups is 1. The van der Waals surface area contributed by atoms with Gasteiger partial charge in [-0.05, 0) is 44.0 Å². The van der Waals surface area contributed by atoms with E-state index in [1.807, 2.05) is 61.0 Å². The second kappa shape index (κ2) is 13.6. The molecule has 3 rings (SSSR count). The van der Waals surface area contributed by atoms with Crippen molar-refractivity contribution in [2.45, 2.75) is 40.3 Å². The highest BCUT2D eigenvalue weighted by atomic mass is 127. The number of benzene rings is 2. The van der Waals surface area contributed by atoms with Gasteiger partial charge in [0.1, 0.15) is 0 Å². The number of guanidine groups is 1. The smallest absolute Gasteiger partial charge is 0.222 e. The van der Waals surface area contributed by atoms with E-state index in [0.717, 1.165) is 34.7 Å². The van der Waals surface area contributed by atoms with Gasteiger partial charge >= 0.3 is 0 Å². The number of rotatable bonds is 9. The molecule has 176 valence electrons. The van der Waals surface area contributed by atoms with Crippen molar-refractivity contribution in [2.24, 2.45) is 4.99 Å².